The molecule has 13 rings (SSSR count). The zero-order valence-corrected chi connectivity index (χ0v) is 30.1. The van der Waals surface area contributed by atoms with Crippen molar-refractivity contribution in [2.24, 2.45) is 0 Å². The molecule has 5 heteroatoms. The minimum Gasteiger partial charge on any atom is -0.454 e. The Morgan fingerprint density at radius 2 is 1.02 bits per heavy atom. The molecule has 0 radical (unpaired) electrons. The molecular weight excluding hydrogens is 691 g/mol. The van der Waals surface area contributed by atoms with E-state index < -0.39 is 0 Å². The lowest BCUT2D eigenvalue weighted by Gasteiger charge is -2.15. The smallest absolute Gasteiger partial charge is 0.235 e. The van der Waals surface area contributed by atoms with Crippen molar-refractivity contribution >= 4 is 118 Å². The maximum atomic E-state index is 7.05. The Kier molecular flexibility index (Phi) is 5.74. The molecule has 0 atom stereocenters. The number of rotatable bonds is 2. The van der Waals surface area contributed by atoms with E-state index >= 15 is 0 Å². The standard InChI is InChI=1S/C50H27N3OS/c1-3-16-30-28(14-1)29-15-2-4-17-31(29)44-43(30)45-33-19-6-10-24-38(33)53(48(45)49-46(44)34-20-7-11-25-39(34)54-49)50-51-37-23-9-5-18-32(37)47(52-50)36-22-13-27-41-42(36)35-21-8-12-26-40(35)55-41/h1-27H. The zero-order valence-electron chi connectivity index (χ0n) is 29.2. The van der Waals surface area contributed by atoms with Crippen LogP contribution in [0.5, 0.6) is 0 Å². The second-order valence-corrected chi connectivity index (χ2v) is 15.5. The van der Waals surface area contributed by atoms with Crippen LogP contribution in [0.1, 0.15) is 0 Å². The summed E-state index contributed by atoms with van der Waals surface area (Å²) in [5.41, 5.74) is 6.61. The average Bonchev–Trinajstić information content (AvgIpc) is 3.93. The molecule has 0 amide bonds. The van der Waals surface area contributed by atoms with E-state index in [1.54, 1.807) is 0 Å². The third kappa shape index (κ3) is 3.84. The summed E-state index contributed by atoms with van der Waals surface area (Å²) in [6.45, 7) is 0. The second-order valence-electron chi connectivity index (χ2n) is 14.4. The van der Waals surface area contributed by atoms with Crippen LogP contribution in [0.15, 0.2) is 168 Å². The van der Waals surface area contributed by atoms with E-state index in [0.717, 1.165) is 65.9 Å². The SMILES string of the molecule is c1ccc2c(-c3cccc4sc5ccccc5c34)nc(-n3c4ccccc4c4c5c6ccccc6c6ccccc6c5c5c6ccccc6oc5c43)nc2c1. The monoisotopic (exact) mass is 717 g/mol. The first kappa shape index (κ1) is 29.4. The first-order valence-corrected chi connectivity index (χ1v) is 19.4. The fourth-order valence-electron chi connectivity index (χ4n) is 9.38. The molecule has 0 unspecified atom stereocenters. The van der Waals surface area contributed by atoms with E-state index in [2.05, 4.69) is 168 Å². The normalized spacial score (nSPS) is 12.4. The fraction of sp³-hybridized carbons (Fsp3) is 0. The van der Waals surface area contributed by atoms with Gasteiger partial charge in [0, 0.05) is 63.4 Å². The molecule has 254 valence electrons. The van der Waals surface area contributed by atoms with E-state index in [0.29, 0.717) is 5.95 Å². The van der Waals surface area contributed by atoms with Crippen LogP contribution in [-0.2, 0) is 0 Å². The number of para-hydroxylation sites is 3. The molecule has 0 fully saturated rings. The van der Waals surface area contributed by atoms with Crippen LogP contribution < -0.4 is 0 Å². The predicted octanol–water partition coefficient (Wildman–Crippen LogP) is 14.1. The number of aromatic nitrogens is 3. The van der Waals surface area contributed by atoms with E-state index in [1.165, 1.54) is 52.5 Å². The molecule has 0 aliphatic rings. The van der Waals surface area contributed by atoms with Gasteiger partial charge in [-0.2, -0.15) is 0 Å². The molecule has 55 heavy (non-hydrogen) atoms. The lowest BCUT2D eigenvalue weighted by molar-refractivity contribution is 0.671. The van der Waals surface area contributed by atoms with Crippen LogP contribution >= 0.6 is 11.3 Å². The Morgan fingerprint density at radius 3 is 1.82 bits per heavy atom. The van der Waals surface area contributed by atoms with E-state index in [4.69, 9.17) is 14.4 Å². The molecule has 0 bridgehead atoms. The van der Waals surface area contributed by atoms with Crippen LogP contribution in [0.4, 0.5) is 0 Å². The van der Waals surface area contributed by atoms with Crippen LogP contribution in [0.25, 0.3) is 124 Å². The lowest BCUT2D eigenvalue weighted by Crippen LogP contribution is -2.04. The van der Waals surface area contributed by atoms with E-state index in [9.17, 15) is 0 Å². The molecule has 4 nitrogen and oxygen atoms in total. The topological polar surface area (TPSA) is 43.9 Å². The van der Waals surface area contributed by atoms with Gasteiger partial charge >= 0.3 is 0 Å². The molecule has 0 spiro atoms. The highest BCUT2D eigenvalue weighted by molar-refractivity contribution is 7.25. The molecule has 0 aliphatic carbocycles. The van der Waals surface area contributed by atoms with Crippen molar-refractivity contribution in [3.05, 3.63) is 164 Å². The van der Waals surface area contributed by atoms with Gasteiger partial charge in [-0.05, 0) is 51.9 Å². The molecule has 0 saturated carbocycles. The molecule has 0 saturated heterocycles. The van der Waals surface area contributed by atoms with Crippen molar-refractivity contribution in [3.8, 4) is 17.2 Å². The van der Waals surface area contributed by atoms with Crippen molar-refractivity contribution in [2.45, 2.75) is 0 Å². The second kappa shape index (κ2) is 10.8. The molecule has 4 heterocycles. The summed E-state index contributed by atoms with van der Waals surface area (Å²) in [7, 11) is 0. The summed E-state index contributed by atoms with van der Waals surface area (Å²) in [5.74, 6) is 0.614. The number of benzene rings is 9. The highest BCUT2D eigenvalue weighted by Crippen LogP contribution is 2.50. The van der Waals surface area contributed by atoms with Crippen molar-refractivity contribution in [1.82, 2.24) is 14.5 Å². The third-order valence-electron chi connectivity index (χ3n) is 11.6. The highest BCUT2D eigenvalue weighted by atomic mass is 32.1. The highest BCUT2D eigenvalue weighted by Gasteiger charge is 2.27. The molecular formula is C50H27N3OS. The summed E-state index contributed by atoms with van der Waals surface area (Å²) < 4.78 is 11.8. The maximum Gasteiger partial charge on any atom is 0.235 e. The van der Waals surface area contributed by atoms with Crippen LogP contribution in [0.3, 0.4) is 0 Å². The number of nitrogens with zero attached hydrogens (tertiary/aromatic N) is 3. The van der Waals surface area contributed by atoms with Gasteiger partial charge < -0.3 is 4.42 Å². The number of furan rings is 1. The third-order valence-corrected chi connectivity index (χ3v) is 12.7. The van der Waals surface area contributed by atoms with Gasteiger partial charge in [0.2, 0.25) is 5.95 Å². The average molecular weight is 718 g/mol. The number of thiophene rings is 1. The molecule has 0 N–H and O–H groups in total. The molecule has 0 aliphatic heterocycles. The Bertz CT molecular complexity index is 3790. The van der Waals surface area contributed by atoms with Crippen LogP contribution in [0, 0.1) is 0 Å². The summed E-state index contributed by atoms with van der Waals surface area (Å²) >= 11 is 1.83. The van der Waals surface area contributed by atoms with Gasteiger partial charge in [0.25, 0.3) is 0 Å². The predicted molar refractivity (Wildman–Crippen MR) is 232 cm³/mol. The van der Waals surface area contributed by atoms with Gasteiger partial charge in [-0.1, -0.05) is 133 Å². The Morgan fingerprint density at radius 1 is 0.418 bits per heavy atom. The summed E-state index contributed by atoms with van der Waals surface area (Å²) in [6.07, 6.45) is 0. The van der Waals surface area contributed by atoms with Crippen molar-refractivity contribution in [3.63, 3.8) is 0 Å². The summed E-state index contributed by atoms with van der Waals surface area (Å²) in [6, 6.07) is 58.5. The van der Waals surface area contributed by atoms with Crippen molar-refractivity contribution in [1.29, 1.82) is 0 Å². The first-order valence-electron chi connectivity index (χ1n) is 18.6. The van der Waals surface area contributed by atoms with Gasteiger partial charge in [-0.25, -0.2) is 9.97 Å². The van der Waals surface area contributed by atoms with Gasteiger partial charge in [0.05, 0.1) is 16.7 Å². The Hall–Kier alpha value is -7.08. The molecule has 9 aromatic carbocycles. The number of hydrogen-bond acceptors (Lipinski definition) is 4. The minimum absolute atomic E-state index is 0.614. The van der Waals surface area contributed by atoms with Crippen LogP contribution in [0.2, 0.25) is 0 Å². The summed E-state index contributed by atoms with van der Waals surface area (Å²) in [5, 5.41) is 15.3. The Balaban J connectivity index is 1.28. The van der Waals surface area contributed by atoms with Gasteiger partial charge in [0.1, 0.15) is 11.1 Å². The fourth-order valence-corrected chi connectivity index (χ4v) is 10.5. The van der Waals surface area contributed by atoms with Gasteiger partial charge in [-0.3, -0.25) is 4.57 Å². The van der Waals surface area contributed by atoms with Crippen molar-refractivity contribution < 1.29 is 4.42 Å². The van der Waals surface area contributed by atoms with Crippen molar-refractivity contribution in [2.75, 3.05) is 0 Å². The van der Waals surface area contributed by atoms with Gasteiger partial charge in [-0.15, -0.1) is 11.3 Å². The largest absolute Gasteiger partial charge is 0.454 e. The van der Waals surface area contributed by atoms with E-state index in [1.807, 2.05) is 11.3 Å². The quantitative estimate of drug-likeness (QED) is 0.167. The maximum absolute atomic E-state index is 7.05. The van der Waals surface area contributed by atoms with Gasteiger partial charge in [0.15, 0.2) is 5.58 Å². The zero-order chi connectivity index (χ0) is 35.8. The van der Waals surface area contributed by atoms with Crippen LogP contribution in [-0.4, -0.2) is 14.5 Å². The lowest BCUT2D eigenvalue weighted by atomic mass is 9.89. The van der Waals surface area contributed by atoms with E-state index in [-0.39, 0.29) is 0 Å². The summed E-state index contributed by atoms with van der Waals surface area (Å²) in [4.78, 5) is 11.0. The molecule has 4 aromatic heterocycles. The number of hydrogen-bond donors (Lipinski definition) is 0. The Labute approximate surface area is 317 Å². The number of fused-ring (bicyclic) bond motifs is 19. The minimum atomic E-state index is 0.614. The first-order chi connectivity index (χ1) is 27.3. The molecule has 13 aromatic rings.